The van der Waals surface area contributed by atoms with Crippen LogP contribution in [-0.2, 0) is 19.3 Å². The molecule has 0 aromatic carbocycles. The summed E-state index contributed by atoms with van der Waals surface area (Å²) in [6.07, 6.45) is 1.48. The van der Waals surface area contributed by atoms with E-state index in [1.165, 1.54) is 6.26 Å². The van der Waals surface area contributed by atoms with E-state index in [2.05, 4.69) is 5.43 Å². The quantitative estimate of drug-likeness (QED) is 0.455. The van der Waals surface area contributed by atoms with Crippen molar-refractivity contribution < 1.29 is 17.9 Å². The zero-order valence-electron chi connectivity index (χ0n) is 8.81. The van der Waals surface area contributed by atoms with Gasteiger partial charge in [-0.2, -0.15) is 0 Å². The highest BCUT2D eigenvalue weighted by Crippen LogP contribution is 2.09. The van der Waals surface area contributed by atoms with Crippen molar-refractivity contribution in [3.8, 4) is 0 Å². The molecular weight excluding hydrogens is 220 g/mol. The van der Waals surface area contributed by atoms with E-state index in [4.69, 9.17) is 15.3 Å². The van der Waals surface area contributed by atoms with Crippen LogP contribution in [-0.4, -0.2) is 52.4 Å². The number of hydrazine groups is 1. The molecule has 1 rings (SSSR count). The molecule has 90 valence electrons. The summed E-state index contributed by atoms with van der Waals surface area (Å²) < 4.78 is 32.6. The van der Waals surface area contributed by atoms with Gasteiger partial charge in [-0.25, -0.2) is 8.42 Å². The van der Waals surface area contributed by atoms with Gasteiger partial charge in [-0.05, 0) is 6.42 Å². The number of nitrogens with two attached hydrogens (primary N) is 1. The van der Waals surface area contributed by atoms with Gasteiger partial charge in [0.05, 0.1) is 37.7 Å². The van der Waals surface area contributed by atoms with Crippen molar-refractivity contribution in [3.05, 3.63) is 0 Å². The summed E-state index contributed by atoms with van der Waals surface area (Å²) in [5.74, 6) is 5.45. The van der Waals surface area contributed by atoms with Crippen molar-refractivity contribution in [2.24, 2.45) is 5.84 Å². The molecule has 0 aromatic rings. The van der Waals surface area contributed by atoms with E-state index in [9.17, 15) is 8.42 Å². The van der Waals surface area contributed by atoms with Crippen molar-refractivity contribution in [1.82, 2.24) is 5.43 Å². The van der Waals surface area contributed by atoms with Crippen molar-refractivity contribution in [2.75, 3.05) is 31.8 Å². The normalized spacial score (nSPS) is 25.1. The minimum absolute atomic E-state index is 0.0989. The Morgan fingerprint density at radius 3 is 2.73 bits per heavy atom. The Bertz CT molecular complexity index is 274. The van der Waals surface area contributed by atoms with E-state index in [0.717, 1.165) is 0 Å². The smallest absolute Gasteiger partial charge is 0.147 e. The maximum absolute atomic E-state index is 11.0. The number of hydrogen-bond acceptors (Lipinski definition) is 6. The molecule has 1 aliphatic heterocycles. The van der Waals surface area contributed by atoms with E-state index in [-0.39, 0.29) is 17.9 Å². The van der Waals surface area contributed by atoms with Crippen LogP contribution < -0.4 is 11.3 Å². The molecule has 0 saturated carbocycles. The summed E-state index contributed by atoms with van der Waals surface area (Å²) >= 11 is 0. The van der Waals surface area contributed by atoms with Gasteiger partial charge in [-0.15, -0.1) is 0 Å². The van der Waals surface area contributed by atoms with Crippen LogP contribution >= 0.6 is 0 Å². The van der Waals surface area contributed by atoms with Crippen molar-refractivity contribution >= 4 is 9.84 Å². The highest BCUT2D eigenvalue weighted by atomic mass is 32.2. The van der Waals surface area contributed by atoms with E-state index in [0.29, 0.717) is 26.2 Å². The van der Waals surface area contributed by atoms with Crippen molar-refractivity contribution in [3.63, 3.8) is 0 Å². The summed E-state index contributed by atoms with van der Waals surface area (Å²) in [7, 11) is -2.96. The molecule has 0 aromatic heterocycles. The fourth-order valence-electron chi connectivity index (χ4n) is 1.46. The van der Waals surface area contributed by atoms with Crippen LogP contribution in [0.2, 0.25) is 0 Å². The predicted molar refractivity (Wildman–Crippen MR) is 56.0 cm³/mol. The predicted octanol–water partition coefficient (Wildman–Crippen LogP) is -1.33. The zero-order valence-corrected chi connectivity index (χ0v) is 9.63. The monoisotopic (exact) mass is 238 g/mol. The molecule has 0 aliphatic carbocycles. The summed E-state index contributed by atoms with van der Waals surface area (Å²) in [5.41, 5.74) is 2.57. The third kappa shape index (κ3) is 4.89. The largest absolute Gasteiger partial charge is 0.376 e. The molecule has 2 atom stereocenters. The first kappa shape index (κ1) is 12.9. The minimum Gasteiger partial charge on any atom is -0.376 e. The average Bonchev–Trinajstić information content (AvgIpc) is 2.19. The van der Waals surface area contributed by atoms with Gasteiger partial charge in [-0.3, -0.25) is 11.3 Å². The summed E-state index contributed by atoms with van der Waals surface area (Å²) in [6, 6.07) is -0.181. The lowest BCUT2D eigenvalue weighted by atomic mass is 10.1. The zero-order chi connectivity index (χ0) is 11.3. The van der Waals surface area contributed by atoms with E-state index >= 15 is 0 Å². The van der Waals surface area contributed by atoms with Gasteiger partial charge >= 0.3 is 0 Å². The minimum atomic E-state index is -2.96. The molecule has 0 amide bonds. The van der Waals surface area contributed by atoms with Crippen molar-refractivity contribution in [2.45, 2.75) is 18.6 Å². The molecule has 0 radical (unpaired) electrons. The number of ether oxygens (including phenoxy) is 2. The molecule has 7 heteroatoms. The summed E-state index contributed by atoms with van der Waals surface area (Å²) in [5, 5.41) is 0. The fraction of sp³-hybridized carbons (Fsp3) is 1.00. The van der Waals surface area contributed by atoms with Crippen LogP contribution in [0.5, 0.6) is 0 Å². The van der Waals surface area contributed by atoms with E-state index < -0.39 is 9.84 Å². The van der Waals surface area contributed by atoms with Gasteiger partial charge in [0.15, 0.2) is 0 Å². The lowest BCUT2D eigenvalue weighted by molar-refractivity contribution is -0.102. The van der Waals surface area contributed by atoms with E-state index in [1.54, 1.807) is 0 Å². The second-order valence-corrected chi connectivity index (χ2v) is 5.94. The standard InChI is InChI=1S/C8H18N2O4S/c1-15(11,12)5-2-7(10-9)8-6-13-3-4-14-8/h7-8,10H,2-6,9H2,1H3. The lowest BCUT2D eigenvalue weighted by Gasteiger charge is -2.29. The summed E-state index contributed by atoms with van der Waals surface area (Å²) in [4.78, 5) is 0. The number of hydrogen-bond donors (Lipinski definition) is 2. The van der Waals surface area contributed by atoms with Gasteiger partial charge in [0, 0.05) is 6.26 Å². The Hall–Kier alpha value is -0.210. The van der Waals surface area contributed by atoms with Gasteiger partial charge < -0.3 is 9.47 Å². The molecule has 0 bridgehead atoms. The second kappa shape index (κ2) is 5.76. The third-order valence-corrected chi connectivity index (χ3v) is 3.28. The van der Waals surface area contributed by atoms with Gasteiger partial charge in [0.25, 0.3) is 0 Å². The molecule has 0 spiro atoms. The van der Waals surface area contributed by atoms with Crippen LogP contribution in [0, 0.1) is 0 Å². The van der Waals surface area contributed by atoms with Crippen LogP contribution in [0.1, 0.15) is 6.42 Å². The SMILES string of the molecule is CS(=O)(=O)CCC(NN)C1COCCO1. The molecule has 1 heterocycles. The molecule has 1 aliphatic rings. The fourth-order valence-corrected chi connectivity index (χ4v) is 2.14. The lowest BCUT2D eigenvalue weighted by Crippen LogP contribution is -2.50. The molecule has 2 unspecified atom stereocenters. The highest BCUT2D eigenvalue weighted by Gasteiger charge is 2.24. The molecule has 6 nitrogen and oxygen atoms in total. The highest BCUT2D eigenvalue weighted by molar-refractivity contribution is 7.90. The van der Waals surface area contributed by atoms with Gasteiger partial charge in [0.1, 0.15) is 9.84 Å². The van der Waals surface area contributed by atoms with Crippen LogP contribution in [0.25, 0.3) is 0 Å². The first-order chi connectivity index (χ1) is 7.03. The molecular formula is C8H18N2O4S. The Kier molecular flexibility index (Phi) is 4.94. The maximum Gasteiger partial charge on any atom is 0.147 e. The topological polar surface area (TPSA) is 90.7 Å². The molecule has 15 heavy (non-hydrogen) atoms. The Labute approximate surface area is 90.0 Å². The third-order valence-electron chi connectivity index (χ3n) is 2.30. The molecule has 1 fully saturated rings. The van der Waals surface area contributed by atoms with Crippen LogP contribution in [0.3, 0.4) is 0 Å². The maximum atomic E-state index is 11.0. The second-order valence-electron chi connectivity index (χ2n) is 3.68. The van der Waals surface area contributed by atoms with Gasteiger partial charge in [-0.1, -0.05) is 0 Å². The average molecular weight is 238 g/mol. The number of nitrogens with one attached hydrogen (secondary N) is 1. The van der Waals surface area contributed by atoms with Crippen molar-refractivity contribution in [1.29, 1.82) is 0 Å². The Morgan fingerprint density at radius 1 is 1.53 bits per heavy atom. The Balaban J connectivity index is 2.40. The Morgan fingerprint density at radius 2 is 2.27 bits per heavy atom. The first-order valence-electron chi connectivity index (χ1n) is 4.86. The van der Waals surface area contributed by atoms with Crippen LogP contribution in [0.15, 0.2) is 0 Å². The van der Waals surface area contributed by atoms with Crippen LogP contribution in [0.4, 0.5) is 0 Å². The number of rotatable bonds is 5. The molecule has 3 N–H and O–H groups in total. The van der Waals surface area contributed by atoms with Gasteiger partial charge in [0.2, 0.25) is 0 Å². The number of sulfone groups is 1. The molecule has 1 saturated heterocycles. The first-order valence-corrected chi connectivity index (χ1v) is 6.92. The summed E-state index contributed by atoms with van der Waals surface area (Å²) in [6.45, 7) is 1.57. The van der Waals surface area contributed by atoms with E-state index in [1.807, 2.05) is 0 Å².